The number of carbonyl (C=O) groups excluding carboxylic acids is 2. The van der Waals surface area contributed by atoms with Crippen LogP contribution in [0.5, 0.6) is 5.75 Å². The van der Waals surface area contributed by atoms with Crippen LogP contribution in [0.1, 0.15) is 12.2 Å². The van der Waals surface area contributed by atoms with Crippen LogP contribution in [0, 0.1) is 5.92 Å². The Balaban J connectivity index is 1.34. The lowest BCUT2D eigenvalue weighted by Crippen LogP contribution is -2.33. The zero-order valence-electron chi connectivity index (χ0n) is 16.4. The Morgan fingerprint density at radius 1 is 1.20 bits per heavy atom. The van der Waals surface area contributed by atoms with Gasteiger partial charge in [0.1, 0.15) is 24.1 Å². The van der Waals surface area contributed by atoms with Gasteiger partial charge < -0.3 is 19.5 Å². The van der Waals surface area contributed by atoms with Gasteiger partial charge in [-0.25, -0.2) is 4.98 Å². The molecule has 2 amide bonds. The lowest BCUT2D eigenvalue weighted by atomic mass is 10.1. The van der Waals surface area contributed by atoms with Crippen LogP contribution in [0.15, 0.2) is 60.9 Å². The van der Waals surface area contributed by atoms with Crippen LogP contribution in [0.4, 0.5) is 11.4 Å². The molecule has 1 N–H and O–H groups in total. The molecule has 30 heavy (non-hydrogen) atoms. The van der Waals surface area contributed by atoms with Gasteiger partial charge >= 0.3 is 0 Å². The molecule has 2 heterocycles. The van der Waals surface area contributed by atoms with Crippen LogP contribution in [0.3, 0.4) is 0 Å². The van der Waals surface area contributed by atoms with Gasteiger partial charge in [-0.2, -0.15) is 0 Å². The van der Waals surface area contributed by atoms with Crippen molar-refractivity contribution in [2.24, 2.45) is 13.0 Å². The van der Waals surface area contributed by atoms with E-state index in [9.17, 15) is 9.59 Å². The van der Waals surface area contributed by atoms with Gasteiger partial charge in [-0.1, -0.05) is 11.6 Å². The van der Waals surface area contributed by atoms with Crippen molar-refractivity contribution in [1.82, 2.24) is 9.55 Å². The zero-order valence-corrected chi connectivity index (χ0v) is 17.2. The zero-order chi connectivity index (χ0) is 21.1. The van der Waals surface area contributed by atoms with Gasteiger partial charge in [0.05, 0.1) is 0 Å². The summed E-state index contributed by atoms with van der Waals surface area (Å²) in [6, 6.07) is 14.1. The summed E-state index contributed by atoms with van der Waals surface area (Å²) in [5.74, 6) is 0.266. The van der Waals surface area contributed by atoms with Crippen molar-refractivity contribution in [3.8, 4) is 5.75 Å². The first-order chi connectivity index (χ1) is 14.5. The number of halogens is 1. The van der Waals surface area contributed by atoms with Crippen molar-refractivity contribution in [2.45, 2.75) is 13.0 Å². The number of carbonyl (C=O) groups is 2. The van der Waals surface area contributed by atoms with Crippen molar-refractivity contribution in [2.75, 3.05) is 16.8 Å². The van der Waals surface area contributed by atoms with E-state index < -0.39 is 5.92 Å². The summed E-state index contributed by atoms with van der Waals surface area (Å²) in [4.78, 5) is 31.2. The topological polar surface area (TPSA) is 76.5 Å². The van der Waals surface area contributed by atoms with Gasteiger partial charge in [-0.15, -0.1) is 0 Å². The van der Waals surface area contributed by atoms with Crippen LogP contribution >= 0.6 is 11.6 Å². The number of hydrogen-bond acceptors (Lipinski definition) is 4. The second kappa shape index (κ2) is 8.59. The van der Waals surface area contributed by atoms with Gasteiger partial charge in [0.25, 0.3) is 0 Å². The minimum absolute atomic E-state index is 0.204. The molecule has 0 radical (unpaired) electrons. The van der Waals surface area contributed by atoms with E-state index >= 15 is 0 Å². The lowest BCUT2D eigenvalue weighted by Gasteiger charge is -2.17. The number of aromatic nitrogens is 2. The summed E-state index contributed by atoms with van der Waals surface area (Å²) in [6.45, 7) is 0.852. The largest absolute Gasteiger partial charge is 0.486 e. The molecule has 0 spiro atoms. The van der Waals surface area contributed by atoms with Crippen LogP contribution in [-0.4, -0.2) is 27.9 Å². The number of hydrogen-bond donors (Lipinski definition) is 1. The van der Waals surface area contributed by atoms with Gasteiger partial charge in [0.2, 0.25) is 11.8 Å². The second-order valence-corrected chi connectivity index (χ2v) is 7.50. The number of anilines is 2. The van der Waals surface area contributed by atoms with Crippen LogP contribution < -0.4 is 15.0 Å². The number of imidazole rings is 1. The molecular weight excluding hydrogens is 404 g/mol. The van der Waals surface area contributed by atoms with E-state index in [2.05, 4.69) is 10.3 Å². The van der Waals surface area contributed by atoms with E-state index in [1.165, 1.54) is 0 Å². The fourth-order valence-electron chi connectivity index (χ4n) is 3.35. The molecule has 1 unspecified atom stereocenters. The van der Waals surface area contributed by atoms with Crippen molar-refractivity contribution in [3.63, 3.8) is 0 Å². The van der Waals surface area contributed by atoms with E-state index in [1.807, 2.05) is 17.8 Å². The van der Waals surface area contributed by atoms with Crippen molar-refractivity contribution in [1.29, 1.82) is 0 Å². The molecular formula is C22H21ClN4O3. The smallest absolute Gasteiger partial charge is 0.239 e. The maximum atomic E-state index is 12.7. The summed E-state index contributed by atoms with van der Waals surface area (Å²) in [7, 11) is 1.91. The molecule has 7 nitrogen and oxygen atoms in total. The van der Waals surface area contributed by atoms with E-state index in [0.717, 1.165) is 11.5 Å². The number of benzene rings is 2. The third-order valence-electron chi connectivity index (χ3n) is 5.07. The molecule has 1 saturated heterocycles. The van der Waals surface area contributed by atoms with Crippen molar-refractivity contribution in [3.05, 3.63) is 71.8 Å². The first-order valence-electron chi connectivity index (χ1n) is 9.58. The molecule has 1 atom stereocenters. The number of rotatable bonds is 6. The number of aryl methyl sites for hydroxylation is 1. The van der Waals surface area contributed by atoms with E-state index in [0.29, 0.717) is 36.0 Å². The van der Waals surface area contributed by atoms with Crippen LogP contribution in [-0.2, 0) is 23.2 Å². The van der Waals surface area contributed by atoms with Gasteiger partial charge in [-0.05, 0) is 55.0 Å². The maximum Gasteiger partial charge on any atom is 0.239 e. The fourth-order valence-corrected chi connectivity index (χ4v) is 3.47. The highest BCUT2D eigenvalue weighted by Crippen LogP contribution is 2.27. The van der Waals surface area contributed by atoms with E-state index in [1.54, 1.807) is 59.6 Å². The quantitative estimate of drug-likeness (QED) is 0.613. The van der Waals surface area contributed by atoms with Crippen LogP contribution in [0.25, 0.3) is 0 Å². The Morgan fingerprint density at radius 2 is 1.93 bits per heavy atom. The SMILES string of the molecule is Cn1ccnc1COc1ccc(NC(=O)C2CCN(c3ccc(Cl)cc3)C2=O)cc1. The Morgan fingerprint density at radius 3 is 2.60 bits per heavy atom. The van der Waals surface area contributed by atoms with E-state index in [-0.39, 0.29) is 11.8 Å². The Bertz CT molecular complexity index is 1050. The minimum atomic E-state index is -0.708. The molecule has 1 aliphatic rings. The minimum Gasteiger partial charge on any atom is -0.486 e. The van der Waals surface area contributed by atoms with Crippen molar-refractivity contribution >= 4 is 34.8 Å². The monoisotopic (exact) mass is 424 g/mol. The average Bonchev–Trinajstić information content (AvgIpc) is 3.33. The highest BCUT2D eigenvalue weighted by molar-refractivity contribution is 6.30. The van der Waals surface area contributed by atoms with Crippen LogP contribution in [0.2, 0.25) is 5.02 Å². The average molecular weight is 425 g/mol. The number of nitrogens with zero attached hydrogens (tertiary/aromatic N) is 3. The molecule has 4 rings (SSSR count). The van der Waals surface area contributed by atoms with E-state index in [4.69, 9.17) is 16.3 Å². The summed E-state index contributed by atoms with van der Waals surface area (Å²) in [6.07, 6.45) is 4.05. The number of amides is 2. The van der Waals surface area contributed by atoms with Gasteiger partial charge in [-0.3, -0.25) is 9.59 Å². The molecule has 3 aromatic rings. The Hall–Kier alpha value is -3.32. The number of nitrogens with one attached hydrogen (secondary N) is 1. The molecule has 1 fully saturated rings. The maximum absolute atomic E-state index is 12.7. The van der Waals surface area contributed by atoms with Crippen molar-refractivity contribution < 1.29 is 14.3 Å². The molecule has 1 aromatic heterocycles. The summed E-state index contributed by atoms with van der Waals surface area (Å²) < 4.78 is 7.60. The fraction of sp³-hybridized carbons (Fsp3) is 0.227. The summed E-state index contributed by atoms with van der Waals surface area (Å²) in [5, 5.41) is 3.43. The second-order valence-electron chi connectivity index (χ2n) is 7.06. The first-order valence-corrected chi connectivity index (χ1v) is 9.96. The Labute approximate surface area is 179 Å². The third-order valence-corrected chi connectivity index (χ3v) is 5.32. The first kappa shape index (κ1) is 20.0. The summed E-state index contributed by atoms with van der Waals surface area (Å²) in [5.41, 5.74) is 1.36. The molecule has 0 aliphatic carbocycles. The lowest BCUT2D eigenvalue weighted by molar-refractivity contribution is -0.129. The molecule has 2 aromatic carbocycles. The molecule has 154 valence electrons. The predicted octanol–water partition coefficient (Wildman–Crippen LogP) is 3.64. The van der Waals surface area contributed by atoms with Gasteiger partial charge in [0, 0.05) is 42.4 Å². The highest BCUT2D eigenvalue weighted by atomic mass is 35.5. The number of ether oxygens (including phenoxy) is 1. The standard InChI is InChI=1S/C22H21ClN4O3/c1-26-13-11-24-20(26)14-30-18-8-4-16(5-9-18)25-21(28)19-10-12-27(22(19)29)17-6-2-15(23)3-7-17/h2-9,11,13,19H,10,12,14H2,1H3,(H,25,28). The predicted molar refractivity (Wildman–Crippen MR) is 115 cm³/mol. The highest BCUT2D eigenvalue weighted by Gasteiger charge is 2.37. The molecule has 0 bridgehead atoms. The summed E-state index contributed by atoms with van der Waals surface area (Å²) >= 11 is 5.91. The molecule has 1 aliphatic heterocycles. The molecule has 8 heteroatoms. The normalized spacial score (nSPS) is 16.0. The Kier molecular flexibility index (Phi) is 5.72. The molecule has 0 saturated carbocycles. The van der Waals surface area contributed by atoms with Gasteiger partial charge in [0.15, 0.2) is 0 Å². The third kappa shape index (κ3) is 4.31.